The monoisotopic (exact) mass is 500 g/mol. The fraction of sp³-hybridized carbons (Fsp3) is 0.581. The summed E-state index contributed by atoms with van der Waals surface area (Å²) in [7, 11) is 2.99. The standard InChI is InChI=1S/C29H40O3.C2H4O2.2H2/c1-4-31-22-29(19-17-28(18-20-29)15-13-23(2)14-16-28)21-24-5-7-26(8-6-24)32-27-11-9-25(30-3)10-12-27;1-4-2-3;;/h5-12,23H,4,13-22H2,1-3H3;2H,1H3;2*1H. The zero-order chi connectivity index (χ0) is 25.9. The van der Waals surface area contributed by atoms with Crippen molar-refractivity contribution < 1.29 is 26.6 Å². The van der Waals surface area contributed by atoms with Gasteiger partial charge in [0.15, 0.2) is 0 Å². The molecule has 5 nitrogen and oxygen atoms in total. The third-order valence-electron chi connectivity index (χ3n) is 8.21. The highest BCUT2D eigenvalue weighted by molar-refractivity contribution is 5.37. The molecule has 0 heterocycles. The maximum atomic E-state index is 8.95. The summed E-state index contributed by atoms with van der Waals surface area (Å²) in [4.78, 5) is 8.95. The molecule has 2 aliphatic carbocycles. The van der Waals surface area contributed by atoms with E-state index in [2.05, 4.69) is 42.8 Å². The van der Waals surface area contributed by atoms with Gasteiger partial charge in [0.1, 0.15) is 17.2 Å². The van der Waals surface area contributed by atoms with Crippen molar-refractivity contribution in [1.82, 2.24) is 0 Å². The molecule has 0 bridgehead atoms. The first kappa shape index (κ1) is 28.0. The van der Waals surface area contributed by atoms with Crippen LogP contribution >= 0.6 is 0 Å². The average Bonchev–Trinajstić information content (AvgIpc) is 2.93. The highest BCUT2D eigenvalue weighted by atomic mass is 16.5. The average molecular weight is 501 g/mol. The smallest absolute Gasteiger partial charge is 0.292 e. The van der Waals surface area contributed by atoms with Crippen molar-refractivity contribution in [3.63, 3.8) is 0 Å². The zero-order valence-corrected chi connectivity index (χ0v) is 22.6. The molecule has 0 N–H and O–H groups in total. The van der Waals surface area contributed by atoms with E-state index in [1.807, 2.05) is 24.3 Å². The van der Waals surface area contributed by atoms with Gasteiger partial charge in [-0.15, -0.1) is 0 Å². The molecule has 2 aliphatic rings. The third kappa shape index (κ3) is 7.99. The molecule has 5 heteroatoms. The SMILES string of the molecule is CCOCC1(Cc2ccc(Oc3ccc(OC)cc3)cc2)CCC2(CCC(C)CC2)CC1.COC=O.[HH].[HH]. The Morgan fingerprint density at radius 3 is 1.89 bits per heavy atom. The Hall–Kier alpha value is -2.53. The Morgan fingerprint density at radius 1 is 0.861 bits per heavy atom. The van der Waals surface area contributed by atoms with Crippen LogP contribution in [0.2, 0.25) is 0 Å². The van der Waals surface area contributed by atoms with Crippen LogP contribution in [0.1, 0.15) is 73.6 Å². The first-order valence-electron chi connectivity index (χ1n) is 13.4. The normalized spacial score (nSPS) is 25.4. The molecule has 1 spiro atoms. The van der Waals surface area contributed by atoms with Crippen LogP contribution < -0.4 is 9.47 Å². The van der Waals surface area contributed by atoms with Gasteiger partial charge in [0.05, 0.1) is 20.8 Å². The molecule has 202 valence electrons. The van der Waals surface area contributed by atoms with Crippen LogP contribution in [0.15, 0.2) is 48.5 Å². The van der Waals surface area contributed by atoms with Crippen LogP contribution in [0.4, 0.5) is 0 Å². The van der Waals surface area contributed by atoms with E-state index >= 15 is 0 Å². The number of methoxy groups -OCH3 is 2. The second-order valence-electron chi connectivity index (χ2n) is 10.7. The number of rotatable bonds is 9. The molecule has 2 aromatic rings. The van der Waals surface area contributed by atoms with Gasteiger partial charge in [0.2, 0.25) is 0 Å². The largest absolute Gasteiger partial charge is 0.497 e. The minimum atomic E-state index is 0. The van der Waals surface area contributed by atoms with Crippen LogP contribution in [0.3, 0.4) is 0 Å². The molecule has 0 radical (unpaired) electrons. The summed E-state index contributed by atoms with van der Waals surface area (Å²) in [5.74, 6) is 3.46. The van der Waals surface area contributed by atoms with E-state index in [0.717, 1.165) is 42.8 Å². The van der Waals surface area contributed by atoms with Crippen LogP contribution in [0.5, 0.6) is 17.2 Å². The van der Waals surface area contributed by atoms with Crippen molar-refractivity contribution in [3.05, 3.63) is 54.1 Å². The van der Waals surface area contributed by atoms with Gasteiger partial charge < -0.3 is 18.9 Å². The van der Waals surface area contributed by atoms with E-state index in [9.17, 15) is 0 Å². The molecule has 0 unspecified atom stereocenters. The van der Waals surface area contributed by atoms with E-state index < -0.39 is 0 Å². The van der Waals surface area contributed by atoms with Gasteiger partial charge in [-0.05, 0) is 111 Å². The molecular formula is C31H48O5. The lowest BCUT2D eigenvalue weighted by Crippen LogP contribution is -2.40. The second-order valence-corrected chi connectivity index (χ2v) is 10.7. The summed E-state index contributed by atoms with van der Waals surface area (Å²) in [6, 6.07) is 16.4. The van der Waals surface area contributed by atoms with Gasteiger partial charge in [-0.25, -0.2) is 0 Å². The van der Waals surface area contributed by atoms with Crippen LogP contribution in [0.25, 0.3) is 0 Å². The van der Waals surface area contributed by atoms with Crippen molar-refractivity contribution in [2.24, 2.45) is 16.7 Å². The molecule has 0 atom stereocenters. The number of carbonyl (C=O) groups is 1. The van der Waals surface area contributed by atoms with Gasteiger partial charge in [0.25, 0.3) is 6.47 Å². The van der Waals surface area contributed by atoms with E-state index in [1.165, 1.54) is 64.0 Å². The summed E-state index contributed by atoms with van der Waals surface area (Å²) in [6.07, 6.45) is 12.2. The molecule has 0 aromatic heterocycles. The Bertz CT molecular complexity index is 899. The maximum Gasteiger partial charge on any atom is 0.292 e. The highest BCUT2D eigenvalue weighted by Crippen LogP contribution is 2.54. The number of carbonyl (C=O) groups excluding carboxylic acids is 1. The number of benzene rings is 2. The molecule has 0 amide bonds. The predicted octanol–water partition coefficient (Wildman–Crippen LogP) is 8.10. The quantitative estimate of drug-likeness (QED) is 0.326. The summed E-state index contributed by atoms with van der Waals surface area (Å²) < 4.78 is 21.1. The van der Waals surface area contributed by atoms with Gasteiger partial charge in [-0.3, -0.25) is 4.79 Å². The number of ether oxygens (including phenoxy) is 4. The fourth-order valence-corrected chi connectivity index (χ4v) is 5.76. The second kappa shape index (κ2) is 13.7. The molecule has 2 saturated carbocycles. The van der Waals surface area contributed by atoms with E-state index in [0.29, 0.717) is 11.9 Å². The maximum absolute atomic E-state index is 8.95. The first-order valence-corrected chi connectivity index (χ1v) is 13.4. The lowest BCUT2D eigenvalue weighted by Gasteiger charge is -2.49. The van der Waals surface area contributed by atoms with Gasteiger partial charge >= 0.3 is 0 Å². The Morgan fingerprint density at radius 2 is 1.39 bits per heavy atom. The van der Waals surface area contributed by atoms with Gasteiger partial charge in [0, 0.05) is 9.46 Å². The summed E-state index contributed by atoms with van der Waals surface area (Å²) in [5, 5.41) is 0. The molecule has 2 fully saturated rings. The van der Waals surface area contributed by atoms with Crippen molar-refractivity contribution in [3.8, 4) is 17.2 Å². The molecule has 0 aliphatic heterocycles. The summed E-state index contributed by atoms with van der Waals surface area (Å²) in [5.41, 5.74) is 2.29. The molecule has 2 aromatic carbocycles. The molecule has 36 heavy (non-hydrogen) atoms. The third-order valence-corrected chi connectivity index (χ3v) is 8.21. The van der Waals surface area contributed by atoms with Crippen LogP contribution in [-0.4, -0.2) is 33.9 Å². The van der Waals surface area contributed by atoms with Gasteiger partial charge in [-0.1, -0.05) is 31.9 Å². The zero-order valence-electron chi connectivity index (χ0n) is 22.6. The molecule has 4 rings (SSSR count). The first-order chi connectivity index (χ1) is 17.4. The van der Waals surface area contributed by atoms with Crippen molar-refractivity contribution in [2.45, 2.75) is 71.6 Å². The number of hydrogen-bond acceptors (Lipinski definition) is 5. The topological polar surface area (TPSA) is 54.0 Å². The Labute approximate surface area is 220 Å². The van der Waals surface area contributed by atoms with Crippen molar-refractivity contribution >= 4 is 6.47 Å². The summed E-state index contributed by atoms with van der Waals surface area (Å²) in [6.45, 7) is 6.61. The lowest BCUT2D eigenvalue weighted by atomic mass is 9.57. The highest BCUT2D eigenvalue weighted by Gasteiger charge is 2.43. The Kier molecular flexibility index (Phi) is 10.7. The van der Waals surface area contributed by atoms with Gasteiger partial charge in [-0.2, -0.15) is 0 Å². The minimum absolute atomic E-state index is 0. The van der Waals surface area contributed by atoms with E-state index in [-0.39, 0.29) is 8.27 Å². The van der Waals surface area contributed by atoms with E-state index in [4.69, 9.17) is 19.0 Å². The van der Waals surface area contributed by atoms with E-state index in [1.54, 1.807) is 7.11 Å². The lowest BCUT2D eigenvalue weighted by molar-refractivity contribution is -0.126. The van der Waals surface area contributed by atoms with Crippen molar-refractivity contribution in [2.75, 3.05) is 27.4 Å². The molecular weight excluding hydrogens is 452 g/mol. The summed E-state index contributed by atoms with van der Waals surface area (Å²) >= 11 is 0. The van der Waals surface area contributed by atoms with Crippen LogP contribution in [-0.2, 0) is 20.7 Å². The van der Waals surface area contributed by atoms with Crippen molar-refractivity contribution in [1.29, 1.82) is 0 Å². The fourth-order valence-electron chi connectivity index (χ4n) is 5.76. The van der Waals surface area contributed by atoms with Crippen LogP contribution in [0, 0.1) is 16.7 Å². The minimum Gasteiger partial charge on any atom is -0.497 e. The molecule has 0 saturated heterocycles. The predicted molar refractivity (Wildman–Crippen MR) is 148 cm³/mol. The Balaban J connectivity index is 0.00000113. The number of hydrogen-bond donors (Lipinski definition) is 0.